The van der Waals surface area contributed by atoms with E-state index in [0.717, 1.165) is 5.76 Å². The molecule has 0 fully saturated rings. The molecular weight excluding hydrogens is 248 g/mol. The maximum Gasteiger partial charge on any atom is 0.243 e. The number of anilines is 3. The third-order valence-electron chi connectivity index (χ3n) is 2.22. The van der Waals surface area contributed by atoms with Crippen molar-refractivity contribution in [3.05, 3.63) is 17.8 Å². The summed E-state index contributed by atoms with van der Waals surface area (Å²) in [7, 11) is 3.66. The van der Waals surface area contributed by atoms with Gasteiger partial charge in [0.15, 0.2) is 0 Å². The fourth-order valence-corrected chi connectivity index (χ4v) is 1.35. The summed E-state index contributed by atoms with van der Waals surface area (Å²) in [5, 5.41) is 3.00. The minimum absolute atomic E-state index is 0.282. The fraction of sp³-hybridized carbons (Fsp3) is 0.400. The van der Waals surface area contributed by atoms with Gasteiger partial charge in [-0.05, 0) is 6.92 Å². The maximum atomic E-state index is 5.34. The minimum Gasteiger partial charge on any atom is -0.444 e. The molecule has 0 atom stereocenters. The van der Waals surface area contributed by atoms with Crippen LogP contribution >= 0.6 is 0 Å². The van der Waals surface area contributed by atoms with E-state index in [1.807, 2.05) is 21.0 Å². The molecule has 0 radical (unpaired) electrons. The molecule has 19 heavy (non-hydrogen) atoms. The molecule has 0 spiro atoms. The lowest BCUT2D eigenvalue weighted by molar-refractivity contribution is 0.478. The molecule has 9 heteroatoms. The highest BCUT2D eigenvalue weighted by atomic mass is 16.4. The first-order valence-corrected chi connectivity index (χ1v) is 5.63. The van der Waals surface area contributed by atoms with E-state index in [-0.39, 0.29) is 5.95 Å². The third-order valence-corrected chi connectivity index (χ3v) is 2.22. The number of hydrogen-bond acceptors (Lipinski definition) is 9. The summed E-state index contributed by atoms with van der Waals surface area (Å²) in [5.41, 5.74) is 2.40. The monoisotopic (exact) mass is 264 g/mol. The van der Waals surface area contributed by atoms with Crippen LogP contribution in [0.5, 0.6) is 0 Å². The van der Waals surface area contributed by atoms with Crippen LogP contribution in [0.15, 0.2) is 10.6 Å². The fourth-order valence-electron chi connectivity index (χ4n) is 1.35. The molecular formula is C10H16N8O. The molecule has 0 amide bonds. The van der Waals surface area contributed by atoms with Crippen molar-refractivity contribution in [2.45, 2.75) is 13.5 Å². The molecule has 0 aliphatic rings. The van der Waals surface area contributed by atoms with Gasteiger partial charge in [-0.1, -0.05) is 0 Å². The van der Waals surface area contributed by atoms with Gasteiger partial charge in [-0.2, -0.15) is 15.0 Å². The summed E-state index contributed by atoms with van der Waals surface area (Å²) >= 11 is 0. The molecule has 0 aliphatic carbocycles. The molecule has 0 saturated carbocycles. The van der Waals surface area contributed by atoms with E-state index in [1.54, 1.807) is 11.1 Å². The number of aromatic nitrogens is 4. The number of aryl methyl sites for hydroxylation is 1. The summed E-state index contributed by atoms with van der Waals surface area (Å²) in [6, 6.07) is 0. The molecule has 2 rings (SSSR count). The highest BCUT2D eigenvalue weighted by Crippen LogP contribution is 2.11. The lowest BCUT2D eigenvalue weighted by Gasteiger charge is -2.12. The molecule has 0 saturated heterocycles. The number of oxazole rings is 1. The van der Waals surface area contributed by atoms with Gasteiger partial charge >= 0.3 is 0 Å². The van der Waals surface area contributed by atoms with Crippen LogP contribution in [-0.2, 0) is 6.54 Å². The second-order valence-electron chi connectivity index (χ2n) is 4.04. The third kappa shape index (κ3) is 3.28. The number of nitrogens with zero attached hydrogens (tertiary/aromatic N) is 5. The van der Waals surface area contributed by atoms with Crippen LogP contribution in [0.4, 0.5) is 17.8 Å². The number of hydrogen-bond donors (Lipinski definition) is 3. The van der Waals surface area contributed by atoms with Crippen LogP contribution in [0.1, 0.15) is 11.7 Å². The first-order chi connectivity index (χ1) is 9.08. The van der Waals surface area contributed by atoms with Crippen LogP contribution in [-0.4, -0.2) is 34.0 Å². The van der Waals surface area contributed by atoms with E-state index in [2.05, 4.69) is 30.7 Å². The number of hydrazine groups is 1. The van der Waals surface area contributed by atoms with Crippen molar-refractivity contribution in [2.24, 2.45) is 5.84 Å². The zero-order valence-corrected chi connectivity index (χ0v) is 11.0. The number of rotatable bonds is 5. The Hall–Kier alpha value is -2.42. The van der Waals surface area contributed by atoms with Gasteiger partial charge in [-0.25, -0.2) is 10.8 Å². The van der Waals surface area contributed by atoms with Gasteiger partial charge in [0.25, 0.3) is 0 Å². The van der Waals surface area contributed by atoms with Crippen molar-refractivity contribution in [3.63, 3.8) is 0 Å². The summed E-state index contributed by atoms with van der Waals surface area (Å²) in [4.78, 5) is 18.3. The zero-order valence-electron chi connectivity index (χ0n) is 11.0. The quantitative estimate of drug-likeness (QED) is 0.511. The van der Waals surface area contributed by atoms with Crippen molar-refractivity contribution in [1.82, 2.24) is 19.9 Å². The van der Waals surface area contributed by atoms with Gasteiger partial charge in [0.05, 0.1) is 12.7 Å². The molecule has 0 unspecified atom stereocenters. The van der Waals surface area contributed by atoms with E-state index in [9.17, 15) is 0 Å². The molecule has 0 aliphatic heterocycles. The zero-order chi connectivity index (χ0) is 13.8. The predicted molar refractivity (Wildman–Crippen MR) is 70.5 cm³/mol. The van der Waals surface area contributed by atoms with E-state index in [4.69, 9.17) is 10.3 Å². The smallest absolute Gasteiger partial charge is 0.243 e. The van der Waals surface area contributed by atoms with Crippen LogP contribution < -0.4 is 21.5 Å². The lowest BCUT2D eigenvalue weighted by Crippen LogP contribution is -2.19. The topological polar surface area (TPSA) is 118 Å². The number of nitrogen functional groups attached to an aromatic ring is 1. The average molecular weight is 264 g/mol. The van der Waals surface area contributed by atoms with E-state index in [0.29, 0.717) is 24.3 Å². The standard InChI is InChI=1S/C10H16N8O/c1-6-4-12-7(19-6)5-13-8-14-9(17-11)16-10(15-8)18(2)3/h4H,5,11H2,1-3H3,(H2,13,14,15,16,17). The molecule has 9 nitrogen and oxygen atoms in total. The Morgan fingerprint density at radius 3 is 2.58 bits per heavy atom. The van der Waals surface area contributed by atoms with Gasteiger partial charge < -0.3 is 14.6 Å². The van der Waals surface area contributed by atoms with Gasteiger partial charge in [0.2, 0.25) is 23.7 Å². The van der Waals surface area contributed by atoms with Crippen molar-refractivity contribution in [2.75, 3.05) is 29.7 Å². The highest BCUT2D eigenvalue weighted by molar-refractivity contribution is 5.42. The summed E-state index contributed by atoms with van der Waals surface area (Å²) in [6.07, 6.45) is 1.66. The molecule has 2 aromatic heterocycles. The largest absolute Gasteiger partial charge is 0.444 e. The normalized spacial score (nSPS) is 10.3. The first-order valence-electron chi connectivity index (χ1n) is 5.63. The van der Waals surface area contributed by atoms with Gasteiger partial charge in [0.1, 0.15) is 5.76 Å². The molecule has 102 valence electrons. The van der Waals surface area contributed by atoms with E-state index in [1.165, 1.54) is 0 Å². The molecule has 2 heterocycles. The Balaban J connectivity index is 2.12. The molecule has 0 aromatic carbocycles. The van der Waals surface area contributed by atoms with Gasteiger partial charge in [-0.3, -0.25) is 5.43 Å². The van der Waals surface area contributed by atoms with Crippen molar-refractivity contribution in [1.29, 1.82) is 0 Å². The van der Waals surface area contributed by atoms with Gasteiger partial charge in [0, 0.05) is 14.1 Å². The van der Waals surface area contributed by atoms with Crippen molar-refractivity contribution in [3.8, 4) is 0 Å². The Morgan fingerprint density at radius 1 is 1.26 bits per heavy atom. The summed E-state index contributed by atoms with van der Waals surface area (Å²) in [5.74, 6) is 7.80. The Labute approximate surface area is 110 Å². The number of nitrogens with one attached hydrogen (secondary N) is 2. The van der Waals surface area contributed by atoms with Gasteiger partial charge in [-0.15, -0.1) is 0 Å². The lowest BCUT2D eigenvalue weighted by atomic mass is 10.6. The Kier molecular flexibility index (Phi) is 3.76. The molecule has 0 bridgehead atoms. The molecule has 4 N–H and O–H groups in total. The van der Waals surface area contributed by atoms with Crippen LogP contribution in [0.3, 0.4) is 0 Å². The predicted octanol–water partition coefficient (Wildman–Crippen LogP) is 0.132. The van der Waals surface area contributed by atoms with Crippen LogP contribution in [0.2, 0.25) is 0 Å². The highest BCUT2D eigenvalue weighted by Gasteiger charge is 2.08. The SMILES string of the molecule is Cc1cnc(CNc2nc(NN)nc(N(C)C)n2)o1. The first kappa shape index (κ1) is 13.0. The summed E-state index contributed by atoms with van der Waals surface area (Å²) in [6.45, 7) is 2.22. The van der Waals surface area contributed by atoms with E-state index >= 15 is 0 Å². The van der Waals surface area contributed by atoms with E-state index < -0.39 is 0 Å². The Morgan fingerprint density at radius 2 is 2.00 bits per heavy atom. The molecule has 2 aromatic rings. The second kappa shape index (κ2) is 5.48. The maximum absolute atomic E-state index is 5.34. The van der Waals surface area contributed by atoms with Crippen molar-refractivity contribution < 1.29 is 4.42 Å². The minimum atomic E-state index is 0.282. The number of nitrogens with two attached hydrogens (primary N) is 1. The van der Waals surface area contributed by atoms with Crippen LogP contribution in [0, 0.1) is 6.92 Å². The second-order valence-corrected chi connectivity index (χ2v) is 4.04. The summed E-state index contributed by atoms with van der Waals surface area (Å²) < 4.78 is 5.34. The van der Waals surface area contributed by atoms with Crippen LogP contribution in [0.25, 0.3) is 0 Å². The van der Waals surface area contributed by atoms with Crippen molar-refractivity contribution >= 4 is 17.8 Å². The Bertz CT molecular complexity index is 552. The average Bonchev–Trinajstić information content (AvgIpc) is 2.81.